The molecule has 0 aliphatic rings. The van der Waals surface area contributed by atoms with Crippen LogP contribution in [-0.4, -0.2) is 61.1 Å². The van der Waals surface area contributed by atoms with Crippen molar-refractivity contribution < 1.29 is 33.7 Å². The molecule has 0 radical (unpaired) electrons. The van der Waals surface area contributed by atoms with Crippen LogP contribution >= 0.6 is 0 Å². The van der Waals surface area contributed by atoms with E-state index in [1.165, 1.54) is 35.2 Å². The van der Waals surface area contributed by atoms with Gasteiger partial charge in [0.25, 0.3) is 5.91 Å². The van der Waals surface area contributed by atoms with Crippen LogP contribution in [0.15, 0.2) is 48.5 Å². The lowest BCUT2D eigenvalue weighted by Crippen LogP contribution is -2.28. The zero-order chi connectivity index (χ0) is 28.0. The van der Waals surface area contributed by atoms with Gasteiger partial charge in [0, 0.05) is 30.4 Å². The van der Waals surface area contributed by atoms with Gasteiger partial charge >= 0.3 is 5.97 Å². The van der Waals surface area contributed by atoms with E-state index in [-0.39, 0.29) is 37.4 Å². The highest BCUT2D eigenvalue weighted by Gasteiger charge is 2.28. The van der Waals surface area contributed by atoms with Gasteiger partial charge in [-0.05, 0) is 55.5 Å². The van der Waals surface area contributed by atoms with Gasteiger partial charge in [0.05, 0.1) is 24.3 Å². The predicted octanol–water partition coefficient (Wildman–Crippen LogP) is 4.07. The van der Waals surface area contributed by atoms with Crippen LogP contribution in [0.1, 0.15) is 66.3 Å². The Morgan fingerprint density at radius 3 is 2.29 bits per heavy atom. The molecule has 8 nitrogen and oxygen atoms in total. The molecular formula is C28H33F2N3O5. The number of aromatic nitrogens is 2. The number of aliphatic hydroxyl groups is 2. The van der Waals surface area contributed by atoms with Crippen molar-refractivity contribution in [1.82, 2.24) is 14.7 Å². The molecule has 0 fully saturated rings. The molecule has 2 atom stereocenters. The van der Waals surface area contributed by atoms with Gasteiger partial charge in [-0.15, -0.1) is 0 Å². The molecule has 3 N–H and O–H groups in total. The number of benzene rings is 2. The standard InChI is InChI=1S/C28H33F2N3O5/c1-17(2)26-24(13-12-21(34)14-22(35)15-25(36)37)33(20-10-8-19(29)9-11-20)31-27(26)28(38)32(3)16-18-6-4-5-7-23(18)30/h4-11,17,21-22,34-35H,12-16H2,1-3H3,(H,36,37)/t21-,22-/m1/s1. The Hall–Kier alpha value is -3.63. The van der Waals surface area contributed by atoms with Crippen molar-refractivity contribution in [3.05, 3.63) is 82.7 Å². The highest BCUT2D eigenvalue weighted by atomic mass is 19.1. The summed E-state index contributed by atoms with van der Waals surface area (Å²) in [5, 5.41) is 33.8. The lowest BCUT2D eigenvalue weighted by Gasteiger charge is -2.19. The first-order valence-corrected chi connectivity index (χ1v) is 12.4. The van der Waals surface area contributed by atoms with E-state index in [1.807, 2.05) is 13.8 Å². The van der Waals surface area contributed by atoms with Gasteiger partial charge in [0.15, 0.2) is 5.69 Å². The quantitative estimate of drug-likeness (QED) is 0.326. The molecule has 1 amide bonds. The molecule has 10 heteroatoms. The van der Waals surface area contributed by atoms with E-state index >= 15 is 0 Å². The third-order valence-electron chi connectivity index (χ3n) is 6.25. The van der Waals surface area contributed by atoms with E-state index in [0.29, 0.717) is 22.5 Å². The van der Waals surface area contributed by atoms with Crippen LogP contribution in [0.2, 0.25) is 0 Å². The second kappa shape index (κ2) is 12.7. The summed E-state index contributed by atoms with van der Waals surface area (Å²) in [5.41, 5.74) is 2.30. The molecule has 1 heterocycles. The van der Waals surface area contributed by atoms with Gasteiger partial charge in [0.2, 0.25) is 0 Å². The lowest BCUT2D eigenvalue weighted by molar-refractivity contribution is -0.139. The van der Waals surface area contributed by atoms with E-state index in [2.05, 4.69) is 5.10 Å². The summed E-state index contributed by atoms with van der Waals surface area (Å²) in [5.74, 6) is -2.60. The maximum Gasteiger partial charge on any atom is 0.305 e. The number of hydrogen-bond donors (Lipinski definition) is 3. The van der Waals surface area contributed by atoms with Crippen LogP contribution < -0.4 is 0 Å². The first-order chi connectivity index (χ1) is 18.0. The van der Waals surface area contributed by atoms with Crippen LogP contribution in [0.4, 0.5) is 8.78 Å². The van der Waals surface area contributed by atoms with Crippen LogP contribution in [0.5, 0.6) is 0 Å². The average molecular weight is 530 g/mol. The van der Waals surface area contributed by atoms with Crippen molar-refractivity contribution in [2.45, 2.75) is 64.2 Å². The minimum Gasteiger partial charge on any atom is -0.481 e. The van der Waals surface area contributed by atoms with E-state index in [4.69, 9.17) is 5.11 Å². The number of amides is 1. The molecule has 204 valence electrons. The monoisotopic (exact) mass is 529 g/mol. The maximum absolute atomic E-state index is 14.2. The fraction of sp³-hybridized carbons (Fsp3) is 0.393. The highest BCUT2D eigenvalue weighted by molar-refractivity contribution is 5.94. The Labute approximate surface area is 220 Å². The summed E-state index contributed by atoms with van der Waals surface area (Å²) in [7, 11) is 1.56. The number of carboxylic acids is 1. The molecule has 0 saturated heterocycles. The number of carbonyl (C=O) groups is 2. The normalized spacial score (nSPS) is 12.9. The third kappa shape index (κ3) is 7.23. The van der Waals surface area contributed by atoms with Gasteiger partial charge in [-0.3, -0.25) is 9.59 Å². The number of aliphatic hydroxyl groups excluding tert-OH is 2. The largest absolute Gasteiger partial charge is 0.481 e. The molecule has 0 aliphatic heterocycles. The second-order valence-corrected chi connectivity index (χ2v) is 9.68. The average Bonchev–Trinajstić information content (AvgIpc) is 3.23. The van der Waals surface area contributed by atoms with Crippen LogP contribution in [0, 0.1) is 11.6 Å². The SMILES string of the molecule is CC(C)c1c(C(=O)N(C)Cc2ccccc2F)nn(-c2ccc(F)cc2)c1CC[C@@H](O)C[C@@H](O)CC(=O)O. The third-order valence-corrected chi connectivity index (χ3v) is 6.25. The summed E-state index contributed by atoms with van der Waals surface area (Å²) in [4.78, 5) is 25.8. The highest BCUT2D eigenvalue weighted by Crippen LogP contribution is 2.29. The molecule has 1 aromatic heterocycles. The maximum atomic E-state index is 14.2. The zero-order valence-electron chi connectivity index (χ0n) is 21.6. The van der Waals surface area contributed by atoms with Crippen molar-refractivity contribution in [3.8, 4) is 5.69 Å². The summed E-state index contributed by atoms with van der Waals surface area (Å²) >= 11 is 0. The molecular weight excluding hydrogens is 496 g/mol. The zero-order valence-corrected chi connectivity index (χ0v) is 21.6. The van der Waals surface area contributed by atoms with E-state index in [1.54, 1.807) is 29.9 Å². The number of carboxylic acid groups (broad SMARTS) is 1. The van der Waals surface area contributed by atoms with E-state index < -0.39 is 42.1 Å². The minimum absolute atomic E-state index is 0.0297. The Kier molecular flexibility index (Phi) is 9.71. The van der Waals surface area contributed by atoms with Gasteiger partial charge in [0.1, 0.15) is 11.6 Å². The molecule has 3 aromatic rings. The summed E-state index contributed by atoms with van der Waals surface area (Å²) in [6.45, 7) is 3.83. The fourth-order valence-corrected chi connectivity index (χ4v) is 4.42. The number of hydrogen-bond acceptors (Lipinski definition) is 5. The van der Waals surface area contributed by atoms with Crippen molar-refractivity contribution in [2.75, 3.05) is 7.05 Å². The number of nitrogens with zero attached hydrogens (tertiary/aromatic N) is 3. The molecule has 0 spiro atoms. The summed E-state index contributed by atoms with van der Waals surface area (Å²) in [6.07, 6.45) is -2.37. The van der Waals surface area contributed by atoms with E-state index in [0.717, 1.165) is 0 Å². The smallest absolute Gasteiger partial charge is 0.305 e. The van der Waals surface area contributed by atoms with Gasteiger partial charge in [-0.2, -0.15) is 5.10 Å². The molecule has 0 saturated carbocycles. The Morgan fingerprint density at radius 1 is 1.03 bits per heavy atom. The van der Waals surface area contributed by atoms with Crippen LogP contribution in [-0.2, 0) is 17.8 Å². The van der Waals surface area contributed by atoms with Gasteiger partial charge < -0.3 is 20.2 Å². The number of aliphatic carboxylic acids is 1. The van der Waals surface area contributed by atoms with Crippen LogP contribution in [0.3, 0.4) is 0 Å². The Balaban J connectivity index is 1.96. The number of rotatable bonds is 12. The minimum atomic E-state index is -1.20. The second-order valence-electron chi connectivity index (χ2n) is 9.68. The fourth-order valence-electron chi connectivity index (χ4n) is 4.42. The Morgan fingerprint density at radius 2 is 1.68 bits per heavy atom. The van der Waals surface area contributed by atoms with Gasteiger partial charge in [-0.25, -0.2) is 13.5 Å². The molecule has 2 aromatic carbocycles. The summed E-state index contributed by atoms with van der Waals surface area (Å²) < 4.78 is 29.4. The number of halogens is 2. The topological polar surface area (TPSA) is 116 Å². The van der Waals surface area contributed by atoms with Crippen LogP contribution in [0.25, 0.3) is 5.69 Å². The van der Waals surface area contributed by atoms with Gasteiger partial charge in [-0.1, -0.05) is 32.0 Å². The molecule has 3 rings (SSSR count). The van der Waals surface area contributed by atoms with Crippen molar-refractivity contribution in [2.24, 2.45) is 0 Å². The van der Waals surface area contributed by atoms with E-state index in [9.17, 15) is 28.6 Å². The summed E-state index contributed by atoms with van der Waals surface area (Å²) in [6, 6.07) is 11.8. The Bertz CT molecular complexity index is 1260. The van der Waals surface area contributed by atoms with Crippen molar-refractivity contribution in [3.63, 3.8) is 0 Å². The molecule has 0 bridgehead atoms. The predicted molar refractivity (Wildman–Crippen MR) is 137 cm³/mol. The lowest BCUT2D eigenvalue weighted by atomic mass is 9.95. The van der Waals surface area contributed by atoms with Crippen molar-refractivity contribution in [1.29, 1.82) is 0 Å². The molecule has 38 heavy (non-hydrogen) atoms. The number of carbonyl (C=O) groups excluding carboxylic acids is 1. The first-order valence-electron chi connectivity index (χ1n) is 12.4. The first kappa shape index (κ1) is 28.9. The molecule has 0 aliphatic carbocycles. The molecule has 0 unspecified atom stereocenters. The van der Waals surface area contributed by atoms with Crippen molar-refractivity contribution >= 4 is 11.9 Å².